The number of aliphatic carboxylic acids is 1. The molecule has 2 aromatic rings. The number of amides is 2. The molecule has 8 nitrogen and oxygen atoms in total. The van der Waals surface area contributed by atoms with Crippen LogP contribution in [-0.2, 0) is 19.1 Å². The highest BCUT2D eigenvalue weighted by Crippen LogP contribution is 2.44. The highest BCUT2D eigenvalue weighted by atomic mass is 16.5. The number of carboxylic acid groups (broad SMARTS) is 1. The summed E-state index contributed by atoms with van der Waals surface area (Å²) >= 11 is 0. The largest absolute Gasteiger partial charge is 0.481 e. The number of carbonyl (C=O) groups excluding carboxylic acids is 2. The molecule has 1 unspecified atom stereocenters. The minimum absolute atomic E-state index is 0.0459. The Morgan fingerprint density at radius 1 is 1.03 bits per heavy atom. The third-order valence-corrected chi connectivity index (χ3v) is 6.13. The molecule has 2 aromatic carbocycles. The van der Waals surface area contributed by atoms with Crippen molar-refractivity contribution in [3.63, 3.8) is 0 Å². The molecule has 2 amide bonds. The average Bonchev–Trinajstić information content (AvgIpc) is 3.52. The van der Waals surface area contributed by atoms with Gasteiger partial charge in [0.1, 0.15) is 6.61 Å². The van der Waals surface area contributed by atoms with Gasteiger partial charge in [-0.15, -0.1) is 0 Å². The molecule has 32 heavy (non-hydrogen) atoms. The van der Waals surface area contributed by atoms with Gasteiger partial charge in [-0.3, -0.25) is 9.59 Å². The maximum absolute atomic E-state index is 12.3. The first-order chi connectivity index (χ1) is 15.5. The molecule has 0 heterocycles. The summed E-state index contributed by atoms with van der Waals surface area (Å²) in [6.07, 6.45) is -0.960. The Labute approximate surface area is 185 Å². The molecule has 0 aromatic heterocycles. The van der Waals surface area contributed by atoms with E-state index in [1.54, 1.807) is 0 Å². The van der Waals surface area contributed by atoms with Crippen molar-refractivity contribution >= 4 is 18.0 Å². The molecule has 0 spiro atoms. The second-order valence-corrected chi connectivity index (χ2v) is 8.12. The van der Waals surface area contributed by atoms with Crippen molar-refractivity contribution in [2.45, 2.75) is 18.4 Å². The summed E-state index contributed by atoms with van der Waals surface area (Å²) in [6.45, 7) is 0.411. The maximum Gasteiger partial charge on any atom is 0.407 e. The van der Waals surface area contributed by atoms with Gasteiger partial charge in [0.25, 0.3) is 5.91 Å². The molecule has 168 valence electrons. The number of rotatable bonds is 9. The molecule has 0 saturated heterocycles. The van der Waals surface area contributed by atoms with Gasteiger partial charge in [-0.2, -0.15) is 0 Å². The number of nitrogens with one attached hydrogen (secondary N) is 2. The average molecular weight is 438 g/mol. The second kappa shape index (κ2) is 9.40. The number of hydrogen-bond acceptors (Lipinski definition) is 5. The van der Waals surface area contributed by atoms with Crippen LogP contribution in [0.25, 0.3) is 11.1 Å². The maximum atomic E-state index is 12.3. The molecule has 4 rings (SSSR count). The summed E-state index contributed by atoms with van der Waals surface area (Å²) in [5.41, 5.74) is 4.54. The van der Waals surface area contributed by atoms with Crippen molar-refractivity contribution in [3.8, 4) is 11.1 Å². The summed E-state index contributed by atoms with van der Waals surface area (Å²) in [5.74, 6) is -1.73. The van der Waals surface area contributed by atoms with Gasteiger partial charge in [0, 0.05) is 19.6 Å². The molecule has 1 saturated carbocycles. The van der Waals surface area contributed by atoms with Crippen molar-refractivity contribution in [2.75, 3.05) is 26.8 Å². The molecule has 1 fully saturated rings. The predicted molar refractivity (Wildman–Crippen MR) is 116 cm³/mol. The molecule has 0 radical (unpaired) electrons. The van der Waals surface area contributed by atoms with Gasteiger partial charge in [0.15, 0.2) is 6.10 Å². The predicted octanol–water partition coefficient (Wildman–Crippen LogP) is 2.38. The van der Waals surface area contributed by atoms with E-state index in [1.165, 1.54) is 7.11 Å². The van der Waals surface area contributed by atoms with E-state index >= 15 is 0 Å². The van der Waals surface area contributed by atoms with Crippen molar-refractivity contribution in [1.82, 2.24) is 10.6 Å². The van der Waals surface area contributed by atoms with Gasteiger partial charge in [-0.05, 0) is 34.6 Å². The summed E-state index contributed by atoms with van der Waals surface area (Å²) < 4.78 is 10.6. The number of benzene rings is 2. The summed E-state index contributed by atoms with van der Waals surface area (Å²) in [4.78, 5) is 35.4. The van der Waals surface area contributed by atoms with Gasteiger partial charge in [0.05, 0.1) is 12.5 Å². The van der Waals surface area contributed by atoms with Gasteiger partial charge in [-0.1, -0.05) is 48.5 Å². The zero-order valence-corrected chi connectivity index (χ0v) is 17.7. The van der Waals surface area contributed by atoms with Crippen LogP contribution in [0.3, 0.4) is 0 Å². The van der Waals surface area contributed by atoms with E-state index in [4.69, 9.17) is 14.6 Å². The molecular formula is C24H26N2O6. The smallest absolute Gasteiger partial charge is 0.407 e. The minimum Gasteiger partial charge on any atom is -0.481 e. The van der Waals surface area contributed by atoms with E-state index in [1.807, 2.05) is 36.4 Å². The van der Waals surface area contributed by atoms with Gasteiger partial charge >= 0.3 is 12.1 Å². The quantitative estimate of drug-likeness (QED) is 0.554. The summed E-state index contributed by atoms with van der Waals surface area (Å²) in [6, 6.07) is 16.1. The van der Waals surface area contributed by atoms with E-state index in [0.29, 0.717) is 6.42 Å². The summed E-state index contributed by atoms with van der Waals surface area (Å²) in [5, 5.41) is 14.2. The monoisotopic (exact) mass is 438 g/mol. The zero-order chi connectivity index (χ0) is 22.7. The molecule has 8 heteroatoms. The van der Waals surface area contributed by atoms with E-state index in [-0.39, 0.29) is 31.5 Å². The SMILES string of the molecule is COC(CNC(=O)OCC1c2ccccc2-c2ccccc21)C(=O)NC[C@@H]1C[C@@H]1C(=O)O. The van der Waals surface area contributed by atoms with Crippen LogP contribution in [0.5, 0.6) is 0 Å². The fraction of sp³-hybridized carbons (Fsp3) is 0.375. The van der Waals surface area contributed by atoms with Crippen LogP contribution in [0.15, 0.2) is 48.5 Å². The van der Waals surface area contributed by atoms with Crippen LogP contribution >= 0.6 is 0 Å². The lowest BCUT2D eigenvalue weighted by atomic mass is 9.98. The molecule has 2 aliphatic rings. The van der Waals surface area contributed by atoms with E-state index in [9.17, 15) is 14.4 Å². The fourth-order valence-corrected chi connectivity index (χ4v) is 4.23. The summed E-state index contributed by atoms with van der Waals surface area (Å²) in [7, 11) is 1.38. The highest BCUT2D eigenvalue weighted by Gasteiger charge is 2.43. The molecule has 0 bridgehead atoms. The Morgan fingerprint density at radius 2 is 1.66 bits per heavy atom. The number of carbonyl (C=O) groups is 3. The van der Waals surface area contributed by atoms with Gasteiger partial charge < -0.3 is 25.2 Å². The Morgan fingerprint density at radius 3 is 2.22 bits per heavy atom. The van der Waals surface area contributed by atoms with E-state index in [0.717, 1.165) is 22.3 Å². The third kappa shape index (κ3) is 4.60. The molecule has 0 aliphatic heterocycles. The van der Waals surface area contributed by atoms with Crippen LogP contribution in [-0.4, -0.2) is 56.0 Å². The zero-order valence-electron chi connectivity index (χ0n) is 17.7. The highest BCUT2D eigenvalue weighted by molar-refractivity contribution is 5.82. The van der Waals surface area contributed by atoms with Crippen molar-refractivity contribution < 1.29 is 29.0 Å². The number of carboxylic acids is 1. The van der Waals surface area contributed by atoms with Crippen LogP contribution in [0.1, 0.15) is 23.5 Å². The Balaban J connectivity index is 1.26. The van der Waals surface area contributed by atoms with Crippen LogP contribution < -0.4 is 10.6 Å². The molecule has 3 N–H and O–H groups in total. The first-order valence-electron chi connectivity index (χ1n) is 10.6. The molecule has 3 atom stereocenters. The number of hydrogen-bond donors (Lipinski definition) is 3. The third-order valence-electron chi connectivity index (χ3n) is 6.13. The topological polar surface area (TPSA) is 114 Å². The van der Waals surface area contributed by atoms with Crippen molar-refractivity contribution in [1.29, 1.82) is 0 Å². The Kier molecular flexibility index (Phi) is 6.41. The van der Waals surface area contributed by atoms with Crippen molar-refractivity contribution in [3.05, 3.63) is 59.7 Å². The molecular weight excluding hydrogens is 412 g/mol. The van der Waals surface area contributed by atoms with Gasteiger partial charge in [0.2, 0.25) is 0 Å². The van der Waals surface area contributed by atoms with Crippen LogP contribution in [0.4, 0.5) is 4.79 Å². The first-order valence-corrected chi connectivity index (χ1v) is 10.6. The van der Waals surface area contributed by atoms with Crippen LogP contribution in [0, 0.1) is 11.8 Å². The van der Waals surface area contributed by atoms with Gasteiger partial charge in [-0.25, -0.2) is 4.79 Å². The number of fused-ring (bicyclic) bond motifs is 3. The first kappa shape index (κ1) is 21.8. The number of methoxy groups -OCH3 is 1. The minimum atomic E-state index is -0.891. The lowest BCUT2D eigenvalue weighted by molar-refractivity contribution is -0.139. The van der Waals surface area contributed by atoms with Crippen molar-refractivity contribution in [2.24, 2.45) is 11.8 Å². The van der Waals surface area contributed by atoms with E-state index < -0.39 is 30.0 Å². The second-order valence-electron chi connectivity index (χ2n) is 8.12. The fourth-order valence-electron chi connectivity index (χ4n) is 4.23. The lowest BCUT2D eigenvalue weighted by Gasteiger charge is -2.17. The standard InChI is InChI=1S/C24H26N2O6/c1-31-21(22(27)25-11-14-10-19(14)23(28)29)12-26-24(30)32-13-20-17-8-4-2-6-15(17)16-7-3-5-9-18(16)20/h2-9,14,19-21H,10-13H2,1H3,(H,25,27)(H,26,30)(H,28,29)/t14-,19-,21?/m0/s1. The normalized spacial score (nSPS) is 19.4. The van der Waals surface area contributed by atoms with Crippen LogP contribution in [0.2, 0.25) is 0 Å². The Hall–Kier alpha value is -3.39. The van der Waals surface area contributed by atoms with E-state index in [2.05, 4.69) is 22.8 Å². The number of alkyl carbamates (subject to hydrolysis) is 1. The Bertz CT molecular complexity index is 978. The lowest BCUT2D eigenvalue weighted by Crippen LogP contribution is -2.44. The molecule has 2 aliphatic carbocycles. The number of ether oxygens (including phenoxy) is 2.